The maximum Gasteiger partial charge on any atom is 0.335 e. The summed E-state index contributed by atoms with van der Waals surface area (Å²) in [5, 5.41) is 23.1. The van der Waals surface area contributed by atoms with Crippen LogP contribution in [0.4, 0.5) is 11.4 Å². The van der Waals surface area contributed by atoms with Crippen molar-refractivity contribution in [3.8, 4) is 0 Å². The van der Waals surface area contributed by atoms with Gasteiger partial charge in [0, 0.05) is 28.7 Å². The molecule has 0 aliphatic rings. The van der Waals surface area contributed by atoms with Crippen molar-refractivity contribution in [3.63, 3.8) is 0 Å². The Hall–Kier alpha value is -2.99. The van der Waals surface area contributed by atoms with Crippen molar-refractivity contribution in [1.82, 2.24) is 0 Å². The summed E-state index contributed by atoms with van der Waals surface area (Å²) in [6.45, 7) is 3.24. The Morgan fingerprint density at radius 3 is 2.12 bits per heavy atom. The van der Waals surface area contributed by atoms with Gasteiger partial charge in [-0.05, 0) is 43.7 Å². The van der Waals surface area contributed by atoms with E-state index in [-0.39, 0.29) is 11.1 Å². The van der Waals surface area contributed by atoms with Crippen LogP contribution in [0.2, 0.25) is 0 Å². The second-order valence-electron chi connectivity index (χ2n) is 5.68. The van der Waals surface area contributed by atoms with Crippen LogP contribution < -0.4 is 10.6 Å². The zero-order chi connectivity index (χ0) is 18.8. The minimum atomic E-state index is -2.42. The molecule has 0 fully saturated rings. The van der Waals surface area contributed by atoms with E-state index in [4.69, 9.17) is 5.11 Å². The summed E-state index contributed by atoms with van der Waals surface area (Å²) < 4.78 is 12.0. The number of carboxylic acids is 1. The van der Waals surface area contributed by atoms with Crippen LogP contribution in [0.15, 0.2) is 42.5 Å². The normalized spacial score (nSPS) is 11.0. The minimum absolute atomic E-state index is 0.146. The highest BCUT2D eigenvalue weighted by atomic mass is 31.2. The van der Waals surface area contributed by atoms with Crippen molar-refractivity contribution in [2.24, 2.45) is 0 Å². The number of carbonyl (C=O) groups is 2. The quantitative estimate of drug-likeness (QED) is 0.478. The highest BCUT2D eigenvalue weighted by Crippen LogP contribution is 2.34. The molecule has 0 atom stereocenters. The molecule has 130 valence electrons. The summed E-state index contributed by atoms with van der Waals surface area (Å²) >= 11 is 0. The van der Waals surface area contributed by atoms with Crippen molar-refractivity contribution in [2.45, 2.75) is 0 Å². The molecule has 2 N–H and O–H groups in total. The van der Waals surface area contributed by atoms with Gasteiger partial charge in [0.25, 0.3) is 11.6 Å². The number of nitro benzene ring substituents is 1. The second kappa shape index (κ2) is 6.86. The van der Waals surface area contributed by atoms with Gasteiger partial charge in [-0.25, -0.2) is 4.79 Å². The molecule has 25 heavy (non-hydrogen) atoms. The first kappa shape index (κ1) is 18.4. The fraction of sp³-hybridized carbons (Fsp3) is 0.125. The van der Waals surface area contributed by atoms with E-state index in [0.29, 0.717) is 11.0 Å². The number of amides is 1. The third-order valence-corrected chi connectivity index (χ3v) is 4.93. The Morgan fingerprint density at radius 1 is 1.08 bits per heavy atom. The number of rotatable bonds is 5. The summed E-state index contributed by atoms with van der Waals surface area (Å²) in [5.74, 6) is -2.06. The van der Waals surface area contributed by atoms with E-state index in [2.05, 4.69) is 5.32 Å². The van der Waals surface area contributed by atoms with Crippen molar-refractivity contribution < 1.29 is 24.2 Å². The number of nitro groups is 1. The van der Waals surface area contributed by atoms with Gasteiger partial charge in [0.2, 0.25) is 0 Å². The van der Waals surface area contributed by atoms with E-state index in [1.54, 1.807) is 37.6 Å². The lowest BCUT2D eigenvalue weighted by Gasteiger charge is -2.09. The number of nitrogens with one attached hydrogen (secondary N) is 1. The molecule has 8 nitrogen and oxygen atoms in total. The first-order valence-corrected chi connectivity index (χ1v) is 9.68. The van der Waals surface area contributed by atoms with Crippen LogP contribution in [0, 0.1) is 10.1 Å². The molecule has 9 heteroatoms. The number of non-ortho nitro benzene ring substituents is 1. The van der Waals surface area contributed by atoms with Crippen molar-refractivity contribution in [2.75, 3.05) is 18.6 Å². The van der Waals surface area contributed by atoms with Crippen molar-refractivity contribution >= 4 is 35.7 Å². The van der Waals surface area contributed by atoms with E-state index >= 15 is 0 Å². The van der Waals surface area contributed by atoms with Gasteiger partial charge in [0.15, 0.2) is 0 Å². The molecule has 0 unspecified atom stereocenters. The summed E-state index contributed by atoms with van der Waals surface area (Å²) in [6.07, 6.45) is 0. The first-order chi connectivity index (χ1) is 11.6. The van der Waals surface area contributed by atoms with Gasteiger partial charge in [0.05, 0.1) is 10.5 Å². The zero-order valence-corrected chi connectivity index (χ0v) is 14.3. The molecule has 2 aromatic rings. The van der Waals surface area contributed by atoms with Crippen LogP contribution in [0.25, 0.3) is 0 Å². The van der Waals surface area contributed by atoms with E-state index in [0.717, 1.165) is 18.2 Å². The molecule has 0 spiro atoms. The number of carbonyl (C=O) groups excluding carboxylic acids is 1. The Balaban J connectivity index is 2.30. The number of hydrogen-bond donors (Lipinski definition) is 2. The largest absolute Gasteiger partial charge is 0.478 e. The molecular weight excluding hydrogens is 347 g/mol. The maximum absolute atomic E-state index is 12.3. The van der Waals surface area contributed by atoms with Crippen molar-refractivity contribution in [3.05, 3.63) is 63.7 Å². The molecule has 2 rings (SSSR count). The summed E-state index contributed by atoms with van der Waals surface area (Å²) in [4.78, 5) is 33.5. The van der Waals surface area contributed by atoms with E-state index in [1.807, 2.05) is 0 Å². The van der Waals surface area contributed by atoms with Gasteiger partial charge in [0.1, 0.15) is 7.14 Å². The van der Waals surface area contributed by atoms with Crippen LogP contribution in [-0.2, 0) is 4.57 Å². The van der Waals surface area contributed by atoms with E-state index in [9.17, 15) is 24.3 Å². The molecule has 0 saturated carbocycles. The maximum atomic E-state index is 12.3. The van der Waals surface area contributed by atoms with Gasteiger partial charge in [-0.2, -0.15) is 0 Å². The van der Waals surface area contributed by atoms with E-state index in [1.165, 1.54) is 0 Å². The van der Waals surface area contributed by atoms with Gasteiger partial charge in [-0.15, -0.1) is 0 Å². The third-order valence-electron chi connectivity index (χ3n) is 3.38. The third kappa shape index (κ3) is 4.51. The fourth-order valence-electron chi connectivity index (χ4n) is 2.08. The predicted octanol–water partition coefficient (Wildman–Crippen LogP) is 2.79. The predicted molar refractivity (Wildman–Crippen MR) is 93.5 cm³/mol. The number of nitrogens with zero attached hydrogens (tertiary/aromatic N) is 1. The highest BCUT2D eigenvalue weighted by Gasteiger charge is 2.18. The number of hydrogen-bond acceptors (Lipinski definition) is 5. The Labute approximate surface area is 143 Å². The average molecular weight is 362 g/mol. The number of benzene rings is 2. The Kier molecular flexibility index (Phi) is 5.04. The number of aromatic carboxylic acids is 1. The smallest absolute Gasteiger partial charge is 0.335 e. The van der Waals surface area contributed by atoms with Crippen LogP contribution in [0.3, 0.4) is 0 Å². The van der Waals surface area contributed by atoms with Gasteiger partial charge < -0.3 is 15.0 Å². The zero-order valence-electron chi connectivity index (χ0n) is 13.4. The lowest BCUT2D eigenvalue weighted by Crippen LogP contribution is -2.14. The number of anilines is 1. The van der Waals surface area contributed by atoms with E-state index < -0.39 is 29.6 Å². The minimum Gasteiger partial charge on any atom is -0.478 e. The molecule has 0 saturated heterocycles. The topological polar surface area (TPSA) is 127 Å². The molecule has 0 aliphatic heterocycles. The summed E-state index contributed by atoms with van der Waals surface area (Å²) in [7, 11) is -2.42. The lowest BCUT2D eigenvalue weighted by atomic mass is 10.1. The van der Waals surface area contributed by atoms with Gasteiger partial charge in [-0.3, -0.25) is 14.9 Å². The second-order valence-corrected chi connectivity index (χ2v) is 8.90. The van der Waals surface area contributed by atoms with Gasteiger partial charge >= 0.3 is 5.97 Å². The summed E-state index contributed by atoms with van der Waals surface area (Å²) in [6, 6.07) is 9.30. The average Bonchev–Trinajstić information content (AvgIpc) is 2.53. The molecule has 0 heterocycles. The number of carboxylic acid groups (broad SMARTS) is 1. The van der Waals surface area contributed by atoms with Crippen LogP contribution >= 0.6 is 7.14 Å². The summed E-state index contributed by atoms with van der Waals surface area (Å²) in [5.41, 5.74) is -0.594. The molecule has 0 bridgehead atoms. The molecule has 0 aliphatic carbocycles. The highest BCUT2D eigenvalue weighted by molar-refractivity contribution is 7.70. The van der Waals surface area contributed by atoms with Crippen LogP contribution in [0.1, 0.15) is 20.7 Å². The van der Waals surface area contributed by atoms with Crippen LogP contribution in [0.5, 0.6) is 0 Å². The Bertz CT molecular complexity index is 869. The molecule has 0 aromatic heterocycles. The molecular formula is C16H15N2O6P. The molecule has 0 radical (unpaired) electrons. The monoisotopic (exact) mass is 362 g/mol. The standard InChI is InChI=1S/C16H15N2O6P/c1-25(2,24)14-5-3-12(4-6-14)17-15(19)10-7-11(16(20)21)9-13(8-10)18(22)23/h3-9H,1-2H3,(H,17,19)(H,20,21). The molecule has 1 amide bonds. The SMILES string of the molecule is CP(C)(=O)c1ccc(NC(=O)c2cc(C(=O)O)cc([N+](=O)[O-])c2)cc1. The Morgan fingerprint density at radius 2 is 1.64 bits per heavy atom. The molecule has 2 aromatic carbocycles. The van der Waals surface area contributed by atoms with Crippen molar-refractivity contribution in [1.29, 1.82) is 0 Å². The van der Waals surface area contributed by atoms with Gasteiger partial charge in [-0.1, -0.05) is 0 Å². The fourth-order valence-corrected chi connectivity index (χ4v) is 2.95. The first-order valence-electron chi connectivity index (χ1n) is 7.07. The lowest BCUT2D eigenvalue weighted by molar-refractivity contribution is -0.384. The van der Waals surface area contributed by atoms with Crippen LogP contribution in [-0.4, -0.2) is 35.2 Å².